The number of tetrazole rings is 1. The molecular formula is C14H20N6O. The molecule has 112 valence electrons. The van der Waals surface area contributed by atoms with Gasteiger partial charge in [0, 0.05) is 24.0 Å². The third kappa shape index (κ3) is 3.84. The summed E-state index contributed by atoms with van der Waals surface area (Å²) in [6.07, 6.45) is 3.95. The van der Waals surface area contributed by atoms with Crippen molar-refractivity contribution in [2.24, 2.45) is 5.92 Å². The van der Waals surface area contributed by atoms with Crippen LogP contribution in [-0.4, -0.2) is 31.4 Å². The average molecular weight is 288 g/mol. The van der Waals surface area contributed by atoms with E-state index in [1.807, 2.05) is 6.07 Å². The monoisotopic (exact) mass is 288 g/mol. The van der Waals surface area contributed by atoms with Gasteiger partial charge in [0.25, 0.3) is 0 Å². The van der Waals surface area contributed by atoms with Crippen molar-refractivity contribution in [2.75, 3.05) is 5.73 Å². The first-order valence-corrected chi connectivity index (χ1v) is 7.06. The van der Waals surface area contributed by atoms with Crippen molar-refractivity contribution < 1.29 is 4.79 Å². The van der Waals surface area contributed by atoms with Crippen LogP contribution < -0.4 is 5.73 Å². The Morgan fingerprint density at radius 1 is 1.43 bits per heavy atom. The van der Waals surface area contributed by atoms with E-state index in [-0.39, 0.29) is 17.6 Å². The molecule has 0 fully saturated rings. The molecule has 21 heavy (non-hydrogen) atoms. The van der Waals surface area contributed by atoms with Gasteiger partial charge in [0.15, 0.2) is 5.82 Å². The van der Waals surface area contributed by atoms with Crippen LogP contribution >= 0.6 is 0 Å². The molecule has 0 amide bonds. The molecule has 0 aliphatic heterocycles. The first-order chi connectivity index (χ1) is 10.1. The van der Waals surface area contributed by atoms with Gasteiger partial charge in [0.1, 0.15) is 5.78 Å². The SMILES string of the molecule is CCC[C@H](C(C)=O)[C@H](Cc1ccc(N)cn1)c1nnn[nH]1. The van der Waals surface area contributed by atoms with Crippen LogP contribution in [0.1, 0.15) is 44.1 Å². The van der Waals surface area contributed by atoms with Crippen molar-refractivity contribution in [1.29, 1.82) is 0 Å². The molecular weight excluding hydrogens is 268 g/mol. The second-order valence-electron chi connectivity index (χ2n) is 5.19. The van der Waals surface area contributed by atoms with Gasteiger partial charge in [0.05, 0.1) is 11.9 Å². The number of nitrogens with one attached hydrogen (secondary N) is 1. The number of hydrogen-bond acceptors (Lipinski definition) is 6. The molecule has 0 spiro atoms. The van der Waals surface area contributed by atoms with Gasteiger partial charge in [-0.3, -0.25) is 9.78 Å². The van der Waals surface area contributed by atoms with Crippen molar-refractivity contribution in [3.05, 3.63) is 29.8 Å². The van der Waals surface area contributed by atoms with Gasteiger partial charge < -0.3 is 5.73 Å². The average Bonchev–Trinajstić information content (AvgIpc) is 2.98. The van der Waals surface area contributed by atoms with E-state index in [1.54, 1.807) is 19.2 Å². The summed E-state index contributed by atoms with van der Waals surface area (Å²) in [5, 5.41) is 14.0. The Kier molecular flexibility index (Phi) is 4.97. The number of pyridine rings is 1. The highest BCUT2D eigenvalue weighted by Gasteiger charge is 2.29. The lowest BCUT2D eigenvalue weighted by molar-refractivity contribution is -0.121. The maximum absolute atomic E-state index is 12.0. The minimum atomic E-state index is -0.121. The standard InChI is InChI=1S/C14H20N6O/c1-3-4-12(9(2)21)13(14-17-19-20-18-14)7-11-6-5-10(15)8-16-11/h5-6,8,12-13H,3-4,7,15H2,1-2H3,(H,17,18,19,20)/t12-,13+/m1/s1. The van der Waals surface area contributed by atoms with E-state index in [2.05, 4.69) is 32.5 Å². The molecule has 2 atom stereocenters. The lowest BCUT2D eigenvalue weighted by Crippen LogP contribution is -2.23. The van der Waals surface area contributed by atoms with Crippen LogP contribution in [-0.2, 0) is 11.2 Å². The summed E-state index contributed by atoms with van der Waals surface area (Å²) >= 11 is 0. The molecule has 0 aliphatic rings. The molecule has 0 radical (unpaired) electrons. The fourth-order valence-electron chi connectivity index (χ4n) is 2.53. The predicted molar refractivity (Wildman–Crippen MR) is 78.4 cm³/mol. The molecule has 0 unspecified atom stereocenters. The number of Topliss-reactive ketones (excluding diaryl/α,β-unsaturated/α-hetero) is 1. The molecule has 2 heterocycles. The van der Waals surface area contributed by atoms with Gasteiger partial charge in [-0.1, -0.05) is 13.3 Å². The van der Waals surface area contributed by atoms with Gasteiger partial charge in [-0.25, -0.2) is 5.10 Å². The van der Waals surface area contributed by atoms with Crippen molar-refractivity contribution >= 4 is 11.5 Å². The second-order valence-corrected chi connectivity index (χ2v) is 5.19. The second kappa shape index (κ2) is 6.92. The van der Waals surface area contributed by atoms with E-state index >= 15 is 0 Å². The third-order valence-electron chi connectivity index (χ3n) is 3.60. The number of carbonyl (C=O) groups excluding carboxylic acids is 1. The molecule has 3 N–H and O–H groups in total. The first-order valence-electron chi connectivity index (χ1n) is 7.06. The zero-order valence-corrected chi connectivity index (χ0v) is 12.3. The van der Waals surface area contributed by atoms with Crippen LogP contribution in [0.3, 0.4) is 0 Å². The van der Waals surface area contributed by atoms with Gasteiger partial charge >= 0.3 is 0 Å². The maximum atomic E-state index is 12.0. The Balaban J connectivity index is 2.27. The molecule has 7 nitrogen and oxygen atoms in total. The highest BCUT2D eigenvalue weighted by Crippen LogP contribution is 2.29. The summed E-state index contributed by atoms with van der Waals surface area (Å²) in [5.74, 6) is 0.550. The van der Waals surface area contributed by atoms with Crippen LogP contribution in [0, 0.1) is 5.92 Å². The lowest BCUT2D eigenvalue weighted by Gasteiger charge is -2.22. The summed E-state index contributed by atoms with van der Waals surface area (Å²) in [5.41, 5.74) is 7.14. The Bertz CT molecular complexity index is 566. The van der Waals surface area contributed by atoms with Crippen LogP contribution in [0.4, 0.5) is 5.69 Å². The zero-order chi connectivity index (χ0) is 15.2. The number of hydrogen-bond donors (Lipinski definition) is 2. The lowest BCUT2D eigenvalue weighted by atomic mass is 9.82. The highest BCUT2D eigenvalue weighted by atomic mass is 16.1. The first kappa shape index (κ1) is 15.1. The molecule has 2 aromatic rings. The smallest absolute Gasteiger partial charge is 0.152 e. The largest absolute Gasteiger partial charge is 0.397 e. The number of H-pyrrole nitrogens is 1. The number of nitrogens with zero attached hydrogens (tertiary/aromatic N) is 4. The number of nitrogen functional groups attached to an aromatic ring is 1. The molecule has 2 aromatic heterocycles. The van der Waals surface area contributed by atoms with Crippen LogP contribution in [0.15, 0.2) is 18.3 Å². The topological polar surface area (TPSA) is 110 Å². The maximum Gasteiger partial charge on any atom is 0.152 e. The normalized spacial score (nSPS) is 13.8. The number of aromatic amines is 1. The molecule has 0 saturated heterocycles. The van der Waals surface area contributed by atoms with Crippen LogP contribution in [0.2, 0.25) is 0 Å². The molecule has 0 saturated carbocycles. The van der Waals surface area contributed by atoms with Crippen molar-refractivity contribution in [1.82, 2.24) is 25.6 Å². The van der Waals surface area contributed by atoms with E-state index in [9.17, 15) is 4.79 Å². The van der Waals surface area contributed by atoms with Gasteiger partial charge in [-0.15, -0.1) is 5.10 Å². The summed E-state index contributed by atoms with van der Waals surface area (Å²) in [6.45, 7) is 3.68. The Labute approximate surface area is 123 Å². The molecule has 0 aromatic carbocycles. The number of nitrogens with two attached hydrogens (primary N) is 1. The van der Waals surface area contributed by atoms with E-state index in [0.717, 1.165) is 18.5 Å². The van der Waals surface area contributed by atoms with Crippen molar-refractivity contribution in [3.63, 3.8) is 0 Å². The number of carbonyl (C=O) groups is 1. The third-order valence-corrected chi connectivity index (χ3v) is 3.60. The summed E-state index contributed by atoms with van der Waals surface area (Å²) < 4.78 is 0. The van der Waals surface area contributed by atoms with Crippen LogP contribution in [0.25, 0.3) is 0 Å². The van der Waals surface area contributed by atoms with Crippen molar-refractivity contribution in [3.8, 4) is 0 Å². The summed E-state index contributed by atoms with van der Waals surface area (Å²) in [6, 6.07) is 3.68. The van der Waals surface area contributed by atoms with Gasteiger partial charge in [0.2, 0.25) is 0 Å². The number of rotatable bonds is 7. The van der Waals surface area contributed by atoms with Gasteiger partial charge in [-0.2, -0.15) is 0 Å². The molecule has 7 heteroatoms. The Morgan fingerprint density at radius 3 is 2.76 bits per heavy atom. The van der Waals surface area contributed by atoms with E-state index in [0.29, 0.717) is 17.9 Å². The summed E-state index contributed by atoms with van der Waals surface area (Å²) in [4.78, 5) is 16.3. The van der Waals surface area contributed by atoms with Crippen molar-refractivity contribution in [2.45, 2.75) is 39.0 Å². The highest BCUT2D eigenvalue weighted by molar-refractivity contribution is 5.79. The number of anilines is 1. The van der Waals surface area contributed by atoms with Gasteiger partial charge in [-0.05, 0) is 35.9 Å². The Morgan fingerprint density at radius 2 is 2.24 bits per heavy atom. The number of ketones is 1. The zero-order valence-electron chi connectivity index (χ0n) is 12.3. The molecule has 0 bridgehead atoms. The minimum Gasteiger partial charge on any atom is -0.397 e. The molecule has 0 aliphatic carbocycles. The predicted octanol–water partition coefficient (Wildman–Crippen LogP) is 1.51. The fraction of sp³-hybridized carbons (Fsp3) is 0.500. The van der Waals surface area contributed by atoms with E-state index < -0.39 is 0 Å². The Hall–Kier alpha value is -2.31. The molecule has 2 rings (SSSR count). The fourth-order valence-corrected chi connectivity index (χ4v) is 2.53. The van der Waals surface area contributed by atoms with E-state index in [4.69, 9.17) is 5.73 Å². The summed E-state index contributed by atoms with van der Waals surface area (Å²) in [7, 11) is 0. The van der Waals surface area contributed by atoms with Crippen LogP contribution in [0.5, 0.6) is 0 Å². The van der Waals surface area contributed by atoms with E-state index in [1.165, 1.54) is 0 Å². The minimum absolute atomic E-state index is 0.103. The number of aromatic nitrogens is 5. The quantitative estimate of drug-likeness (QED) is 0.799.